The molecule has 1 amide bonds. The largest absolute Gasteiger partial charge is 0.443 e. The maximum Gasteiger partial charge on any atom is 0.419 e. The zero-order valence-electron chi connectivity index (χ0n) is 9.69. The molecule has 5 heteroatoms. The van der Waals surface area contributed by atoms with E-state index in [1.54, 1.807) is 4.31 Å². The Bertz CT molecular complexity index is 326. The van der Waals surface area contributed by atoms with Crippen LogP contribution in [0.2, 0.25) is 0 Å². The molecule has 1 aliphatic heterocycles. The fourth-order valence-corrected chi connectivity index (χ4v) is 1.36. The zero-order valence-corrected chi connectivity index (χ0v) is 10.5. The minimum atomic E-state index is -0.480. The summed E-state index contributed by atoms with van der Waals surface area (Å²) in [7, 11) is 0. The van der Waals surface area contributed by atoms with E-state index < -0.39 is 11.7 Å². The molecule has 0 fully saturated rings. The number of carbonyl (C=O) groups is 1. The minimum absolute atomic E-state index is 0.455. The first-order chi connectivity index (χ1) is 7.37. The average molecular weight is 240 g/mol. The van der Waals surface area contributed by atoms with Crippen molar-refractivity contribution < 1.29 is 9.53 Å². The van der Waals surface area contributed by atoms with E-state index in [-0.39, 0.29) is 0 Å². The van der Waals surface area contributed by atoms with Gasteiger partial charge in [0.25, 0.3) is 0 Å². The summed E-state index contributed by atoms with van der Waals surface area (Å²) in [5, 5.41) is 0. The monoisotopic (exact) mass is 240 g/mol. The Morgan fingerprint density at radius 1 is 1.44 bits per heavy atom. The summed E-state index contributed by atoms with van der Waals surface area (Å²) < 4.78 is 9.41. The molecule has 0 atom stereocenters. The van der Waals surface area contributed by atoms with Gasteiger partial charge in [-0.25, -0.2) is 9.52 Å². The highest BCUT2D eigenvalue weighted by Crippen LogP contribution is 2.15. The predicted molar refractivity (Wildman–Crippen MR) is 66.2 cm³/mol. The van der Waals surface area contributed by atoms with Crippen molar-refractivity contribution in [2.24, 2.45) is 0 Å². The SMILES string of the molecule is C=C1C=CN(SNC(=O)OC(C)(C)C)C=C1. The number of carbonyl (C=O) groups excluding carboxylic acids is 1. The van der Waals surface area contributed by atoms with Gasteiger partial charge in [-0.3, -0.25) is 4.31 Å². The van der Waals surface area contributed by atoms with Crippen LogP contribution in [-0.4, -0.2) is 16.0 Å². The molecule has 1 heterocycles. The third-order valence-electron chi connectivity index (χ3n) is 1.50. The van der Waals surface area contributed by atoms with E-state index in [1.807, 2.05) is 45.3 Å². The minimum Gasteiger partial charge on any atom is -0.443 e. The molecule has 0 radical (unpaired) electrons. The average Bonchev–Trinajstić information content (AvgIpc) is 2.14. The van der Waals surface area contributed by atoms with E-state index in [9.17, 15) is 4.79 Å². The molecule has 0 spiro atoms. The van der Waals surface area contributed by atoms with E-state index in [4.69, 9.17) is 4.74 Å². The van der Waals surface area contributed by atoms with Crippen LogP contribution in [0.5, 0.6) is 0 Å². The van der Waals surface area contributed by atoms with Gasteiger partial charge in [-0.15, -0.1) is 0 Å². The van der Waals surface area contributed by atoms with E-state index in [0.717, 1.165) is 17.7 Å². The molecule has 16 heavy (non-hydrogen) atoms. The first-order valence-corrected chi connectivity index (χ1v) is 5.64. The van der Waals surface area contributed by atoms with Gasteiger partial charge in [-0.2, -0.15) is 0 Å². The van der Waals surface area contributed by atoms with E-state index in [0.29, 0.717) is 0 Å². The van der Waals surface area contributed by atoms with Gasteiger partial charge < -0.3 is 4.74 Å². The summed E-state index contributed by atoms with van der Waals surface area (Å²) in [4.78, 5) is 11.3. The molecule has 0 unspecified atom stereocenters. The van der Waals surface area contributed by atoms with Crippen LogP contribution in [0.4, 0.5) is 4.79 Å². The van der Waals surface area contributed by atoms with Gasteiger partial charge in [0.15, 0.2) is 0 Å². The van der Waals surface area contributed by atoms with Crippen molar-refractivity contribution in [3.63, 3.8) is 0 Å². The Morgan fingerprint density at radius 3 is 2.50 bits per heavy atom. The second kappa shape index (κ2) is 5.12. The van der Waals surface area contributed by atoms with Gasteiger partial charge in [0.2, 0.25) is 0 Å². The van der Waals surface area contributed by atoms with Crippen molar-refractivity contribution in [3.8, 4) is 0 Å². The Morgan fingerprint density at radius 2 is 2.00 bits per heavy atom. The molecule has 1 aliphatic rings. The molecule has 0 aliphatic carbocycles. The number of nitrogens with zero attached hydrogens (tertiary/aromatic N) is 1. The fraction of sp³-hybridized carbons (Fsp3) is 0.364. The fourth-order valence-electron chi connectivity index (χ4n) is 0.893. The van der Waals surface area contributed by atoms with E-state index in [1.165, 1.54) is 0 Å². The molecule has 1 rings (SSSR count). The maximum atomic E-state index is 11.3. The molecule has 0 bridgehead atoms. The molecule has 1 N–H and O–H groups in total. The molecular weight excluding hydrogens is 224 g/mol. The summed E-state index contributed by atoms with van der Waals surface area (Å²) in [5.74, 6) is 0. The number of amides is 1. The lowest BCUT2D eigenvalue weighted by atomic mass is 10.2. The number of hydrogen-bond acceptors (Lipinski definition) is 4. The van der Waals surface area contributed by atoms with Crippen LogP contribution < -0.4 is 4.72 Å². The van der Waals surface area contributed by atoms with Crippen molar-refractivity contribution in [3.05, 3.63) is 36.7 Å². The third-order valence-corrected chi connectivity index (χ3v) is 2.22. The van der Waals surface area contributed by atoms with Crippen molar-refractivity contribution >= 4 is 18.2 Å². The summed E-state index contributed by atoms with van der Waals surface area (Å²) >= 11 is 1.14. The van der Waals surface area contributed by atoms with E-state index in [2.05, 4.69) is 11.3 Å². The van der Waals surface area contributed by atoms with Gasteiger partial charge in [-0.05, 0) is 38.5 Å². The van der Waals surface area contributed by atoms with Crippen LogP contribution in [-0.2, 0) is 4.74 Å². The Hall–Kier alpha value is -1.36. The molecule has 4 nitrogen and oxygen atoms in total. The first kappa shape index (κ1) is 12.7. The number of hydrogen-bond donors (Lipinski definition) is 1. The summed E-state index contributed by atoms with van der Waals surface area (Å²) in [6.07, 6.45) is 6.87. The lowest BCUT2D eigenvalue weighted by molar-refractivity contribution is 0.0573. The topological polar surface area (TPSA) is 41.6 Å². The second-order valence-electron chi connectivity index (χ2n) is 4.26. The van der Waals surface area contributed by atoms with Crippen LogP contribution in [0.1, 0.15) is 20.8 Å². The zero-order chi connectivity index (χ0) is 12.2. The predicted octanol–water partition coefficient (Wildman–Crippen LogP) is 2.97. The summed E-state index contributed by atoms with van der Waals surface area (Å²) in [6.45, 7) is 9.23. The number of rotatable bonds is 2. The van der Waals surface area contributed by atoms with Gasteiger partial charge in [-0.1, -0.05) is 6.58 Å². The maximum absolute atomic E-state index is 11.3. The standard InChI is InChI=1S/C11H16N2O2S/c1-9-5-7-13(8-6-9)16-12-10(14)15-11(2,3)4/h5-8H,1H2,2-4H3,(H,12,14). The Balaban J connectivity index is 2.30. The summed E-state index contributed by atoms with van der Waals surface area (Å²) in [6, 6.07) is 0. The van der Waals surface area contributed by atoms with Crippen molar-refractivity contribution in [2.75, 3.05) is 0 Å². The normalized spacial score (nSPS) is 15.2. The highest BCUT2D eigenvalue weighted by Gasteiger charge is 2.16. The van der Waals surface area contributed by atoms with Crippen LogP contribution in [0.25, 0.3) is 0 Å². The van der Waals surface area contributed by atoms with Crippen molar-refractivity contribution in [2.45, 2.75) is 26.4 Å². The molecule has 88 valence electrons. The highest BCUT2D eigenvalue weighted by molar-refractivity contribution is 7.95. The van der Waals surface area contributed by atoms with Gasteiger partial charge in [0.05, 0.1) is 12.1 Å². The van der Waals surface area contributed by atoms with Gasteiger partial charge in [0, 0.05) is 12.4 Å². The molecule has 0 saturated heterocycles. The van der Waals surface area contributed by atoms with Crippen LogP contribution in [0, 0.1) is 0 Å². The molecule has 0 aromatic carbocycles. The van der Waals surface area contributed by atoms with Crippen LogP contribution in [0.3, 0.4) is 0 Å². The Kier molecular flexibility index (Phi) is 4.06. The van der Waals surface area contributed by atoms with Crippen LogP contribution in [0.15, 0.2) is 36.7 Å². The third kappa shape index (κ3) is 4.93. The smallest absolute Gasteiger partial charge is 0.419 e. The highest BCUT2D eigenvalue weighted by atomic mass is 32.2. The first-order valence-electron chi connectivity index (χ1n) is 4.86. The molecule has 0 aromatic heterocycles. The number of ether oxygens (including phenoxy) is 1. The summed E-state index contributed by atoms with van der Waals surface area (Å²) in [5.41, 5.74) is 0.445. The lowest BCUT2D eigenvalue weighted by Crippen LogP contribution is -2.30. The van der Waals surface area contributed by atoms with Gasteiger partial charge in [0.1, 0.15) is 5.60 Å². The van der Waals surface area contributed by atoms with Crippen molar-refractivity contribution in [1.29, 1.82) is 0 Å². The van der Waals surface area contributed by atoms with Crippen LogP contribution >= 0.6 is 12.1 Å². The van der Waals surface area contributed by atoms with E-state index >= 15 is 0 Å². The van der Waals surface area contributed by atoms with Gasteiger partial charge >= 0.3 is 6.09 Å². The second-order valence-corrected chi connectivity index (χ2v) is 5.07. The molecule has 0 saturated carbocycles. The number of nitrogens with one attached hydrogen (secondary N) is 1. The lowest BCUT2D eigenvalue weighted by Gasteiger charge is -2.21. The number of allylic oxidation sites excluding steroid dienone is 3. The Labute approximate surface area is 100 Å². The van der Waals surface area contributed by atoms with Crippen molar-refractivity contribution in [1.82, 2.24) is 9.03 Å². The molecular formula is C11H16N2O2S. The molecule has 0 aromatic rings. The quantitative estimate of drug-likeness (QED) is 0.753.